The van der Waals surface area contributed by atoms with E-state index >= 15 is 0 Å². The van der Waals surface area contributed by atoms with Crippen LogP contribution in [0.1, 0.15) is 26.0 Å². The summed E-state index contributed by atoms with van der Waals surface area (Å²) in [6.07, 6.45) is -0.207. The number of nitrogens with one attached hydrogen (secondary N) is 1. The Balaban J connectivity index is 2.34. The maximum absolute atomic E-state index is 13.1. The lowest BCUT2D eigenvalue weighted by Crippen LogP contribution is -2.33. The Labute approximate surface area is 95.7 Å². The van der Waals surface area contributed by atoms with Gasteiger partial charge in [0.25, 0.3) is 5.56 Å². The minimum atomic E-state index is -1.06. The Bertz CT molecular complexity index is 524. The molecule has 0 saturated carbocycles. The van der Waals surface area contributed by atoms with Gasteiger partial charge in [0.2, 0.25) is 5.82 Å². The maximum atomic E-state index is 13.1. The van der Waals surface area contributed by atoms with Crippen molar-refractivity contribution in [3.05, 3.63) is 32.9 Å². The summed E-state index contributed by atoms with van der Waals surface area (Å²) in [5.74, 6) is -1.05. The summed E-state index contributed by atoms with van der Waals surface area (Å²) in [6.45, 7) is 1.84. The van der Waals surface area contributed by atoms with Gasteiger partial charge in [-0.1, -0.05) is 6.92 Å². The number of aromatic amines is 1. The van der Waals surface area contributed by atoms with Crippen molar-refractivity contribution in [3.63, 3.8) is 0 Å². The Kier molecular flexibility index (Phi) is 3.12. The average Bonchev–Trinajstić information content (AvgIpc) is 2.65. The van der Waals surface area contributed by atoms with Gasteiger partial charge in [-0.05, 0) is 6.42 Å². The number of aromatic nitrogens is 2. The van der Waals surface area contributed by atoms with Crippen LogP contribution in [0.4, 0.5) is 4.39 Å². The molecule has 17 heavy (non-hydrogen) atoms. The Morgan fingerprint density at radius 2 is 2.35 bits per heavy atom. The number of nitrogens with zero attached hydrogens (tertiary/aromatic N) is 1. The standard InChI is InChI=1S/C10H13FN2O4/c1-2-7-6(14)3-8(17-7)13-4-5(11)9(15)12-10(13)16/h4,6-8,14H,2-3H2,1H3,(H,12,15,16)/t6-,7?,8-/m1/s1. The van der Waals surface area contributed by atoms with E-state index in [2.05, 4.69) is 0 Å². The van der Waals surface area contributed by atoms with Gasteiger partial charge in [-0.15, -0.1) is 0 Å². The first-order chi connectivity index (χ1) is 8.02. The van der Waals surface area contributed by atoms with Crippen LogP contribution in [-0.2, 0) is 4.74 Å². The van der Waals surface area contributed by atoms with Crippen LogP contribution in [0.3, 0.4) is 0 Å². The van der Waals surface area contributed by atoms with Crippen LogP contribution in [0, 0.1) is 5.82 Å². The van der Waals surface area contributed by atoms with E-state index in [0.29, 0.717) is 6.42 Å². The molecular formula is C10H13FN2O4. The average molecular weight is 244 g/mol. The van der Waals surface area contributed by atoms with E-state index in [0.717, 1.165) is 10.8 Å². The highest BCUT2D eigenvalue weighted by Gasteiger charge is 2.34. The lowest BCUT2D eigenvalue weighted by molar-refractivity contribution is -0.0221. The second-order valence-electron chi connectivity index (χ2n) is 3.98. The third-order valence-corrected chi connectivity index (χ3v) is 2.84. The third kappa shape index (κ3) is 2.16. The second kappa shape index (κ2) is 4.42. The number of hydrogen-bond donors (Lipinski definition) is 2. The number of ether oxygens (including phenoxy) is 1. The number of halogens is 1. The molecule has 2 N–H and O–H groups in total. The molecule has 1 saturated heterocycles. The Morgan fingerprint density at radius 1 is 1.65 bits per heavy atom. The smallest absolute Gasteiger partial charge is 0.330 e. The van der Waals surface area contributed by atoms with Gasteiger partial charge in [-0.25, -0.2) is 4.79 Å². The molecule has 1 aromatic rings. The Hall–Kier alpha value is -1.47. The van der Waals surface area contributed by atoms with E-state index in [9.17, 15) is 19.1 Å². The predicted molar refractivity (Wildman–Crippen MR) is 56.1 cm³/mol. The van der Waals surface area contributed by atoms with E-state index in [-0.39, 0.29) is 12.5 Å². The molecule has 0 radical (unpaired) electrons. The van der Waals surface area contributed by atoms with Crippen LogP contribution < -0.4 is 11.2 Å². The molecule has 0 spiro atoms. The molecule has 1 aliphatic heterocycles. The first-order valence-electron chi connectivity index (χ1n) is 5.37. The molecule has 1 aliphatic rings. The van der Waals surface area contributed by atoms with Gasteiger partial charge < -0.3 is 9.84 Å². The van der Waals surface area contributed by atoms with E-state index in [1.54, 1.807) is 0 Å². The zero-order chi connectivity index (χ0) is 12.6. The number of H-pyrrole nitrogens is 1. The predicted octanol–water partition coefficient (Wildman–Crippen LogP) is -0.266. The van der Waals surface area contributed by atoms with Crippen molar-refractivity contribution in [1.82, 2.24) is 9.55 Å². The second-order valence-corrected chi connectivity index (χ2v) is 3.98. The van der Waals surface area contributed by atoms with Crippen LogP contribution in [-0.4, -0.2) is 26.9 Å². The monoisotopic (exact) mass is 244 g/mol. The normalized spacial score (nSPS) is 28.5. The molecule has 0 aliphatic carbocycles. The zero-order valence-corrected chi connectivity index (χ0v) is 9.22. The Morgan fingerprint density at radius 3 is 2.94 bits per heavy atom. The van der Waals surface area contributed by atoms with E-state index < -0.39 is 29.4 Å². The molecule has 6 nitrogen and oxygen atoms in total. The molecule has 1 fully saturated rings. The fourth-order valence-corrected chi connectivity index (χ4v) is 1.93. The summed E-state index contributed by atoms with van der Waals surface area (Å²) in [6, 6.07) is 0. The highest BCUT2D eigenvalue weighted by Crippen LogP contribution is 2.28. The van der Waals surface area contributed by atoms with Crippen molar-refractivity contribution in [1.29, 1.82) is 0 Å². The number of rotatable bonds is 2. The highest BCUT2D eigenvalue weighted by atomic mass is 19.1. The molecule has 0 amide bonds. The SMILES string of the molecule is CCC1O[C@@H](n2cc(F)c(=O)[nH]c2=O)C[C@H]1O. The van der Waals surface area contributed by atoms with Gasteiger partial charge in [-0.2, -0.15) is 4.39 Å². The summed E-state index contributed by atoms with van der Waals surface area (Å²) in [5, 5.41) is 9.63. The molecule has 2 heterocycles. The molecule has 7 heteroatoms. The zero-order valence-electron chi connectivity index (χ0n) is 9.22. The van der Waals surface area contributed by atoms with Crippen molar-refractivity contribution in [3.8, 4) is 0 Å². The summed E-state index contributed by atoms with van der Waals surface area (Å²) >= 11 is 0. The first-order valence-corrected chi connectivity index (χ1v) is 5.37. The molecular weight excluding hydrogens is 231 g/mol. The van der Waals surface area contributed by atoms with E-state index in [1.165, 1.54) is 0 Å². The molecule has 1 unspecified atom stereocenters. The third-order valence-electron chi connectivity index (χ3n) is 2.84. The number of aliphatic hydroxyl groups excluding tert-OH is 1. The molecule has 3 atom stereocenters. The molecule has 2 rings (SSSR count). The quantitative estimate of drug-likeness (QED) is 0.750. The van der Waals surface area contributed by atoms with Crippen LogP contribution >= 0.6 is 0 Å². The minimum Gasteiger partial charge on any atom is -0.390 e. The van der Waals surface area contributed by atoms with Crippen molar-refractivity contribution in [2.45, 2.75) is 38.2 Å². The largest absolute Gasteiger partial charge is 0.390 e. The summed E-state index contributed by atoms with van der Waals surface area (Å²) in [5.41, 5.74) is -1.80. The lowest BCUT2D eigenvalue weighted by Gasteiger charge is -2.14. The van der Waals surface area contributed by atoms with Crippen molar-refractivity contribution in [2.75, 3.05) is 0 Å². The van der Waals surface area contributed by atoms with Crippen LogP contribution in [0.5, 0.6) is 0 Å². The first kappa shape index (κ1) is 12.0. The number of aliphatic hydroxyl groups is 1. The molecule has 94 valence electrons. The van der Waals surface area contributed by atoms with Gasteiger partial charge in [-0.3, -0.25) is 14.3 Å². The van der Waals surface area contributed by atoms with Gasteiger partial charge in [0.1, 0.15) is 6.23 Å². The van der Waals surface area contributed by atoms with Crippen molar-refractivity contribution < 1.29 is 14.2 Å². The van der Waals surface area contributed by atoms with E-state index in [1.807, 2.05) is 11.9 Å². The fourth-order valence-electron chi connectivity index (χ4n) is 1.93. The van der Waals surface area contributed by atoms with Gasteiger partial charge in [0, 0.05) is 6.42 Å². The summed E-state index contributed by atoms with van der Waals surface area (Å²) in [4.78, 5) is 24.2. The van der Waals surface area contributed by atoms with Crippen molar-refractivity contribution in [2.24, 2.45) is 0 Å². The maximum Gasteiger partial charge on any atom is 0.330 e. The minimum absolute atomic E-state index is 0.198. The topological polar surface area (TPSA) is 84.3 Å². The lowest BCUT2D eigenvalue weighted by atomic mass is 10.1. The summed E-state index contributed by atoms with van der Waals surface area (Å²) < 4.78 is 19.4. The van der Waals surface area contributed by atoms with E-state index in [4.69, 9.17) is 4.74 Å². The molecule has 0 aromatic carbocycles. The molecule has 1 aromatic heterocycles. The van der Waals surface area contributed by atoms with Gasteiger partial charge in [0.05, 0.1) is 18.4 Å². The van der Waals surface area contributed by atoms with Crippen LogP contribution in [0.2, 0.25) is 0 Å². The van der Waals surface area contributed by atoms with Crippen LogP contribution in [0.25, 0.3) is 0 Å². The highest BCUT2D eigenvalue weighted by molar-refractivity contribution is 4.90. The molecule has 0 bridgehead atoms. The number of hydrogen-bond acceptors (Lipinski definition) is 4. The summed E-state index contributed by atoms with van der Waals surface area (Å²) in [7, 11) is 0. The van der Waals surface area contributed by atoms with Crippen molar-refractivity contribution >= 4 is 0 Å². The van der Waals surface area contributed by atoms with Crippen LogP contribution in [0.15, 0.2) is 15.8 Å². The van der Waals surface area contributed by atoms with Gasteiger partial charge in [0.15, 0.2) is 0 Å². The fraction of sp³-hybridized carbons (Fsp3) is 0.600. The van der Waals surface area contributed by atoms with Gasteiger partial charge >= 0.3 is 5.69 Å².